The minimum Gasteiger partial charge on any atom is -0.355 e. The number of carbonyl (C=O) groups excluding carboxylic acids is 1. The zero-order chi connectivity index (χ0) is 11.7. The third kappa shape index (κ3) is 2.30. The molecule has 0 spiro atoms. The van der Waals surface area contributed by atoms with E-state index in [0.717, 1.165) is 36.1 Å². The highest BCUT2D eigenvalue weighted by molar-refractivity contribution is 5.80. The van der Waals surface area contributed by atoms with Crippen LogP contribution in [0.1, 0.15) is 18.7 Å². The van der Waals surface area contributed by atoms with Crippen LogP contribution in [0.3, 0.4) is 0 Å². The molecule has 1 amide bonds. The van der Waals surface area contributed by atoms with Crippen LogP contribution >= 0.6 is 0 Å². The number of H-pyrrole nitrogens is 1. The molecule has 0 atom stereocenters. The van der Waals surface area contributed by atoms with Crippen molar-refractivity contribution in [2.45, 2.75) is 19.3 Å². The van der Waals surface area contributed by atoms with E-state index in [9.17, 15) is 4.79 Å². The van der Waals surface area contributed by atoms with Crippen LogP contribution in [0.2, 0.25) is 0 Å². The summed E-state index contributed by atoms with van der Waals surface area (Å²) in [6, 6.07) is 7.95. The fraction of sp³-hybridized carbons (Fsp3) is 0.385. The SMILES string of the molecule is O=C(NCCc1nc2ccccc2[nH]1)C1CC1. The molecule has 1 aromatic carbocycles. The third-order valence-corrected chi connectivity index (χ3v) is 3.05. The fourth-order valence-corrected chi connectivity index (χ4v) is 1.92. The molecule has 4 nitrogen and oxygen atoms in total. The lowest BCUT2D eigenvalue weighted by molar-refractivity contribution is -0.122. The Kier molecular flexibility index (Phi) is 2.55. The minimum absolute atomic E-state index is 0.195. The summed E-state index contributed by atoms with van der Waals surface area (Å²) in [4.78, 5) is 19.1. The number of fused-ring (bicyclic) bond motifs is 1. The van der Waals surface area contributed by atoms with Gasteiger partial charge < -0.3 is 10.3 Å². The summed E-state index contributed by atoms with van der Waals surface area (Å²) >= 11 is 0. The lowest BCUT2D eigenvalue weighted by atomic mass is 10.3. The molecule has 0 unspecified atom stereocenters. The maximum atomic E-state index is 11.4. The first-order valence-electron chi connectivity index (χ1n) is 6.04. The van der Waals surface area contributed by atoms with Gasteiger partial charge in [-0.2, -0.15) is 0 Å². The molecule has 1 saturated carbocycles. The van der Waals surface area contributed by atoms with E-state index in [4.69, 9.17) is 0 Å². The van der Waals surface area contributed by atoms with Gasteiger partial charge in [0.25, 0.3) is 0 Å². The summed E-state index contributed by atoms with van der Waals surface area (Å²) in [6.45, 7) is 0.662. The van der Waals surface area contributed by atoms with E-state index in [1.807, 2.05) is 24.3 Å². The van der Waals surface area contributed by atoms with Gasteiger partial charge in [-0.1, -0.05) is 12.1 Å². The van der Waals surface area contributed by atoms with Crippen LogP contribution in [-0.2, 0) is 11.2 Å². The molecule has 1 fully saturated rings. The number of carbonyl (C=O) groups is 1. The molecule has 17 heavy (non-hydrogen) atoms. The van der Waals surface area contributed by atoms with E-state index in [0.29, 0.717) is 6.54 Å². The topological polar surface area (TPSA) is 57.8 Å². The van der Waals surface area contributed by atoms with Crippen LogP contribution in [0.15, 0.2) is 24.3 Å². The lowest BCUT2D eigenvalue weighted by Crippen LogP contribution is -2.27. The molecule has 0 radical (unpaired) electrons. The predicted molar refractivity (Wildman–Crippen MR) is 65.5 cm³/mol. The summed E-state index contributed by atoms with van der Waals surface area (Å²) in [6.07, 6.45) is 2.86. The molecule has 1 heterocycles. The van der Waals surface area contributed by atoms with Gasteiger partial charge in [0.05, 0.1) is 11.0 Å². The van der Waals surface area contributed by atoms with Gasteiger partial charge >= 0.3 is 0 Å². The van der Waals surface area contributed by atoms with Gasteiger partial charge in [-0.15, -0.1) is 0 Å². The number of nitrogens with zero attached hydrogens (tertiary/aromatic N) is 1. The largest absolute Gasteiger partial charge is 0.355 e. The summed E-state index contributed by atoms with van der Waals surface area (Å²) < 4.78 is 0. The number of amides is 1. The van der Waals surface area contributed by atoms with Crippen LogP contribution in [0.4, 0.5) is 0 Å². The molecule has 3 rings (SSSR count). The summed E-state index contributed by atoms with van der Waals surface area (Å²) in [5, 5.41) is 2.94. The number of aromatic amines is 1. The van der Waals surface area contributed by atoms with E-state index in [1.165, 1.54) is 0 Å². The molecule has 1 aliphatic rings. The summed E-state index contributed by atoms with van der Waals surface area (Å²) in [7, 11) is 0. The number of benzene rings is 1. The van der Waals surface area contributed by atoms with Crippen LogP contribution in [-0.4, -0.2) is 22.4 Å². The second-order valence-electron chi connectivity index (χ2n) is 4.52. The maximum absolute atomic E-state index is 11.4. The highest BCUT2D eigenvalue weighted by Gasteiger charge is 2.29. The number of rotatable bonds is 4. The van der Waals surface area contributed by atoms with Crippen LogP contribution < -0.4 is 5.32 Å². The van der Waals surface area contributed by atoms with Crippen LogP contribution in [0.5, 0.6) is 0 Å². The molecule has 0 bridgehead atoms. The average molecular weight is 229 g/mol. The molecule has 2 N–H and O–H groups in total. The van der Waals surface area contributed by atoms with Gasteiger partial charge in [0, 0.05) is 18.9 Å². The smallest absolute Gasteiger partial charge is 0.223 e. The first-order chi connectivity index (χ1) is 8.33. The fourth-order valence-electron chi connectivity index (χ4n) is 1.92. The molecule has 4 heteroatoms. The van der Waals surface area contributed by atoms with Gasteiger partial charge in [0.15, 0.2) is 0 Å². The standard InChI is InChI=1S/C13H15N3O/c17-13(9-5-6-9)14-8-7-12-15-10-3-1-2-4-11(10)16-12/h1-4,9H,5-8H2,(H,14,17)(H,15,16). The Morgan fingerprint density at radius 2 is 2.24 bits per heavy atom. The van der Waals surface area contributed by atoms with E-state index < -0.39 is 0 Å². The van der Waals surface area contributed by atoms with Crippen LogP contribution in [0.25, 0.3) is 11.0 Å². The Morgan fingerprint density at radius 3 is 3.00 bits per heavy atom. The maximum Gasteiger partial charge on any atom is 0.223 e. The van der Waals surface area contributed by atoms with E-state index in [1.54, 1.807) is 0 Å². The zero-order valence-electron chi connectivity index (χ0n) is 9.57. The van der Waals surface area contributed by atoms with Crippen molar-refractivity contribution in [3.05, 3.63) is 30.1 Å². The van der Waals surface area contributed by atoms with Crippen molar-refractivity contribution in [3.8, 4) is 0 Å². The van der Waals surface area contributed by atoms with Crippen molar-refractivity contribution in [1.29, 1.82) is 0 Å². The van der Waals surface area contributed by atoms with Crippen molar-refractivity contribution in [2.75, 3.05) is 6.54 Å². The second kappa shape index (κ2) is 4.20. The second-order valence-corrected chi connectivity index (χ2v) is 4.52. The van der Waals surface area contributed by atoms with E-state index in [2.05, 4.69) is 15.3 Å². The molecular formula is C13H15N3O. The molecular weight excluding hydrogens is 214 g/mol. The van der Waals surface area contributed by atoms with Gasteiger partial charge in [-0.05, 0) is 25.0 Å². The predicted octanol–water partition coefficient (Wildman–Crippen LogP) is 1.63. The van der Waals surface area contributed by atoms with Crippen molar-refractivity contribution in [2.24, 2.45) is 5.92 Å². The number of imidazole rings is 1. The first kappa shape index (κ1) is 10.3. The van der Waals surface area contributed by atoms with E-state index in [-0.39, 0.29) is 11.8 Å². The molecule has 1 aliphatic carbocycles. The third-order valence-electron chi connectivity index (χ3n) is 3.05. The number of aromatic nitrogens is 2. The summed E-state index contributed by atoms with van der Waals surface area (Å²) in [5.41, 5.74) is 2.03. The Bertz CT molecular complexity index is 509. The zero-order valence-corrected chi connectivity index (χ0v) is 9.57. The van der Waals surface area contributed by atoms with Crippen LogP contribution in [0, 0.1) is 5.92 Å². The molecule has 1 aromatic heterocycles. The Morgan fingerprint density at radius 1 is 1.41 bits per heavy atom. The monoisotopic (exact) mass is 229 g/mol. The number of para-hydroxylation sites is 2. The minimum atomic E-state index is 0.195. The van der Waals surface area contributed by atoms with E-state index >= 15 is 0 Å². The van der Waals surface area contributed by atoms with Gasteiger partial charge in [-0.3, -0.25) is 4.79 Å². The van der Waals surface area contributed by atoms with Crippen molar-refractivity contribution in [3.63, 3.8) is 0 Å². The normalized spacial score (nSPS) is 15.1. The Balaban J connectivity index is 1.58. The Labute approximate surface area is 99.4 Å². The van der Waals surface area contributed by atoms with Gasteiger partial charge in [-0.25, -0.2) is 4.98 Å². The molecule has 0 aliphatic heterocycles. The highest BCUT2D eigenvalue weighted by atomic mass is 16.2. The molecule has 2 aromatic rings. The molecule has 88 valence electrons. The van der Waals surface area contributed by atoms with Crippen molar-refractivity contribution >= 4 is 16.9 Å². The molecule has 0 saturated heterocycles. The summed E-state index contributed by atoms with van der Waals surface area (Å²) in [5.74, 6) is 1.41. The lowest BCUT2D eigenvalue weighted by Gasteiger charge is -2.01. The van der Waals surface area contributed by atoms with Gasteiger partial charge in [0.1, 0.15) is 5.82 Å². The van der Waals surface area contributed by atoms with Gasteiger partial charge in [0.2, 0.25) is 5.91 Å². The first-order valence-corrected chi connectivity index (χ1v) is 6.04. The van der Waals surface area contributed by atoms with Crippen molar-refractivity contribution in [1.82, 2.24) is 15.3 Å². The Hall–Kier alpha value is -1.84. The number of hydrogen-bond donors (Lipinski definition) is 2. The highest BCUT2D eigenvalue weighted by Crippen LogP contribution is 2.28. The number of nitrogens with one attached hydrogen (secondary N) is 2. The van der Waals surface area contributed by atoms with Crippen molar-refractivity contribution < 1.29 is 4.79 Å². The number of hydrogen-bond acceptors (Lipinski definition) is 2. The average Bonchev–Trinajstić information content (AvgIpc) is 3.09. The quantitative estimate of drug-likeness (QED) is 0.837.